The summed E-state index contributed by atoms with van der Waals surface area (Å²) in [7, 11) is -3.03. The van der Waals surface area contributed by atoms with Crippen LogP contribution in [0.25, 0.3) is 72.3 Å². The zero-order valence-electron chi connectivity index (χ0n) is 59.1. The summed E-state index contributed by atoms with van der Waals surface area (Å²) < 4.78 is 96.0. The fraction of sp³-hybridized carbons (Fsp3) is 0.175. The minimum absolute atomic E-state index is 0.110. The SMILES string of the molecule is [2H]c1c([2H])c([2H])c(-c2cnc(-n3c4ccccc4c4ccc(Oc5cccc(-n6[c-][n+](-c7c(-c8cccc([Si](c9ccccc9)(c9ccccc9)c9ccccc9)c8)cc(C(C)(C)C)cc7C([2H])([2H])C(C)(C)C)c7ccccc76)c5)cc43)cc2C([2H])([2H])C(C)(C)C)c([2H])c1[2H]. The van der Waals surface area contributed by atoms with Gasteiger partial charge in [0.05, 0.1) is 40.3 Å². The van der Waals surface area contributed by atoms with E-state index in [1.54, 1.807) is 26.8 Å². The van der Waals surface area contributed by atoms with Crippen LogP contribution in [0.4, 0.5) is 0 Å². The zero-order valence-corrected chi connectivity index (χ0v) is 51.1. The van der Waals surface area contributed by atoms with Crippen LogP contribution >= 0.6 is 0 Å². The summed E-state index contributed by atoms with van der Waals surface area (Å²) in [5.74, 6) is 1.40. The molecule has 10 aromatic carbocycles. The molecule has 0 amide bonds. The first kappa shape index (κ1) is 46.0. The average molecular weight is 1140 g/mol. The largest absolute Gasteiger partial charge is 0.458 e. The first-order valence-electron chi connectivity index (χ1n) is 33.9. The molecule has 0 spiro atoms. The second-order valence-electron chi connectivity index (χ2n) is 25.3. The Labute approximate surface area is 521 Å². The fourth-order valence-corrected chi connectivity index (χ4v) is 17.0. The molecule has 5 nitrogen and oxygen atoms in total. The third kappa shape index (κ3) is 10.7. The molecule has 0 aliphatic carbocycles. The summed E-state index contributed by atoms with van der Waals surface area (Å²) in [4.78, 5) is 4.93. The monoisotopic (exact) mass is 1140 g/mol. The Morgan fingerprint density at radius 1 is 0.500 bits per heavy atom. The molecule has 0 N–H and O–H groups in total. The molecule has 0 aliphatic heterocycles. The van der Waals surface area contributed by atoms with Crippen LogP contribution in [0, 0.1) is 17.2 Å². The molecule has 424 valence electrons. The predicted molar refractivity (Wildman–Crippen MR) is 362 cm³/mol. The summed E-state index contributed by atoms with van der Waals surface area (Å²) in [5, 5.41) is 6.74. The summed E-state index contributed by atoms with van der Waals surface area (Å²) >= 11 is 0. The molecule has 6 heteroatoms. The van der Waals surface area contributed by atoms with Gasteiger partial charge in [0.1, 0.15) is 17.3 Å². The highest BCUT2D eigenvalue weighted by atomic mass is 28.3. The van der Waals surface area contributed by atoms with Crippen LogP contribution in [0.1, 0.15) is 91.3 Å². The molecule has 0 radical (unpaired) electrons. The highest BCUT2D eigenvalue weighted by Crippen LogP contribution is 2.40. The number of rotatable bonds is 13. The van der Waals surface area contributed by atoms with Crippen LogP contribution in [0.3, 0.4) is 0 Å². The third-order valence-electron chi connectivity index (χ3n) is 15.9. The maximum atomic E-state index is 10.3. The van der Waals surface area contributed by atoms with Gasteiger partial charge in [-0.05, 0) is 126 Å². The minimum Gasteiger partial charge on any atom is -0.458 e. The number of benzene rings is 10. The lowest BCUT2D eigenvalue weighted by atomic mass is 9.80. The molecule has 0 atom stereocenters. The summed E-state index contributed by atoms with van der Waals surface area (Å²) in [6.45, 7) is 17.8. The van der Waals surface area contributed by atoms with Crippen LogP contribution < -0.4 is 30.1 Å². The highest BCUT2D eigenvalue weighted by Gasteiger charge is 2.41. The van der Waals surface area contributed by atoms with Crippen molar-refractivity contribution in [2.45, 2.75) is 80.5 Å². The van der Waals surface area contributed by atoms with Gasteiger partial charge in [-0.1, -0.05) is 268 Å². The molecule has 0 saturated carbocycles. The van der Waals surface area contributed by atoms with E-state index in [9.17, 15) is 5.48 Å². The topological polar surface area (TPSA) is 35.9 Å². The minimum atomic E-state index is -3.03. The van der Waals surface area contributed by atoms with Gasteiger partial charge in [0.2, 0.25) is 0 Å². The van der Waals surface area contributed by atoms with E-state index in [2.05, 4.69) is 171 Å². The molecule has 13 rings (SSSR count). The Hall–Kier alpha value is -9.36. The Morgan fingerprint density at radius 2 is 1.08 bits per heavy atom. The molecule has 0 bridgehead atoms. The van der Waals surface area contributed by atoms with Crippen LogP contribution in [-0.2, 0) is 18.2 Å². The van der Waals surface area contributed by atoms with E-state index in [-0.39, 0.29) is 22.1 Å². The van der Waals surface area contributed by atoms with Crippen molar-refractivity contribution >= 4 is 61.7 Å². The standard InChI is InChI=1S/C80H74N4OSi/c1-78(2,3)52-58-48-76(81-54-71(58)56-28-14-10-15-29-56)84-72-41-23-22-40-68(72)69-45-44-63(51-75(69)84)85-62-32-27-31-61(50-62)82-55-83(74-43-25-24-42-73(74)82)77-59(53-79(4,5)6)46-60(80(7,8)9)49-70(77)57-30-26-39-67(47-57)86(64-33-16-11-17-34-64,65-35-18-12-19-36-65)66-37-20-13-21-38-66/h10-51,54H,52-53H2,1-9H3/i10D,14D,15D,28D,29D,52D2,53D2. The van der Waals surface area contributed by atoms with Crippen molar-refractivity contribution in [2.24, 2.45) is 10.8 Å². The summed E-state index contributed by atoms with van der Waals surface area (Å²) in [5.41, 5.74) is 5.87. The van der Waals surface area contributed by atoms with Crippen molar-refractivity contribution < 1.29 is 21.6 Å². The normalized spacial score (nSPS) is 14.2. The molecule has 0 unspecified atom stereocenters. The van der Waals surface area contributed by atoms with Crippen LogP contribution in [-0.4, -0.2) is 22.2 Å². The van der Waals surface area contributed by atoms with Crippen molar-refractivity contribution in [3.63, 3.8) is 0 Å². The number of nitrogens with zero attached hydrogens (tertiary/aromatic N) is 4. The summed E-state index contributed by atoms with van der Waals surface area (Å²) in [6.07, 6.45) is 1.30. The van der Waals surface area contributed by atoms with Gasteiger partial charge >= 0.3 is 0 Å². The van der Waals surface area contributed by atoms with E-state index >= 15 is 0 Å². The lowest BCUT2D eigenvalue weighted by Gasteiger charge is -2.35. The molecule has 13 aromatic rings. The second-order valence-corrected chi connectivity index (χ2v) is 29.1. The lowest BCUT2D eigenvalue weighted by Crippen LogP contribution is -2.74. The van der Waals surface area contributed by atoms with E-state index in [1.807, 2.05) is 109 Å². The Morgan fingerprint density at radius 3 is 1.74 bits per heavy atom. The molecule has 86 heavy (non-hydrogen) atoms. The number of hydrogen-bond acceptors (Lipinski definition) is 2. The van der Waals surface area contributed by atoms with Crippen molar-refractivity contribution in [1.82, 2.24) is 14.1 Å². The number of ether oxygens (including phenoxy) is 1. The number of aromatic nitrogens is 4. The molecule has 0 fully saturated rings. The first-order valence-corrected chi connectivity index (χ1v) is 31.4. The molecular formula is C80H74N4OSi. The lowest BCUT2D eigenvalue weighted by molar-refractivity contribution is -0.572. The van der Waals surface area contributed by atoms with Gasteiger partial charge < -0.3 is 4.74 Å². The molecule has 0 aliphatic rings. The van der Waals surface area contributed by atoms with E-state index in [1.165, 1.54) is 26.9 Å². The summed E-state index contributed by atoms with van der Waals surface area (Å²) in [6, 6.07) is 74.9. The van der Waals surface area contributed by atoms with Gasteiger partial charge in [-0.3, -0.25) is 13.7 Å². The van der Waals surface area contributed by atoms with E-state index in [0.29, 0.717) is 34.1 Å². The van der Waals surface area contributed by atoms with E-state index in [4.69, 9.17) is 16.6 Å². The molecule has 3 heterocycles. The molecule has 3 aromatic heterocycles. The van der Waals surface area contributed by atoms with Gasteiger partial charge in [0.25, 0.3) is 6.33 Å². The molecule has 0 saturated heterocycles. The van der Waals surface area contributed by atoms with Gasteiger partial charge in [0.15, 0.2) is 8.07 Å². The predicted octanol–water partition coefficient (Wildman–Crippen LogP) is 17.2. The van der Waals surface area contributed by atoms with E-state index in [0.717, 1.165) is 49.7 Å². The second kappa shape index (κ2) is 22.2. The first-order chi connectivity index (χ1) is 45.1. The number of imidazole rings is 1. The average Bonchev–Trinajstić information content (AvgIpc) is 1.64. The van der Waals surface area contributed by atoms with Crippen molar-refractivity contribution in [3.05, 3.63) is 284 Å². The zero-order chi connectivity index (χ0) is 67.3. The van der Waals surface area contributed by atoms with Crippen molar-refractivity contribution in [1.29, 1.82) is 0 Å². The number of hydrogen-bond donors (Lipinski definition) is 0. The third-order valence-corrected chi connectivity index (χ3v) is 20.6. The maximum absolute atomic E-state index is 10.3. The van der Waals surface area contributed by atoms with Gasteiger partial charge in [0, 0.05) is 34.1 Å². The van der Waals surface area contributed by atoms with Gasteiger partial charge in [-0.2, -0.15) is 0 Å². The van der Waals surface area contributed by atoms with Crippen LogP contribution in [0.5, 0.6) is 11.5 Å². The Kier molecular flexibility index (Phi) is 11.9. The number of para-hydroxylation sites is 3. The number of fused-ring (bicyclic) bond motifs is 4. The fourth-order valence-electron chi connectivity index (χ4n) is 12.2. The van der Waals surface area contributed by atoms with Gasteiger partial charge in [-0.15, -0.1) is 0 Å². The quantitative estimate of drug-likeness (QED) is 0.0499. The maximum Gasteiger partial charge on any atom is 0.269 e. The van der Waals surface area contributed by atoms with Crippen LogP contribution in [0.15, 0.2) is 261 Å². The van der Waals surface area contributed by atoms with Crippen molar-refractivity contribution in [3.8, 4) is 50.9 Å². The Balaban J connectivity index is 0.972. The van der Waals surface area contributed by atoms with Gasteiger partial charge in [-0.25, -0.2) is 4.98 Å². The Bertz CT molecular complexity index is 5000. The smallest absolute Gasteiger partial charge is 0.269 e. The molecular weight excluding hydrogens is 1060 g/mol. The van der Waals surface area contributed by atoms with Crippen molar-refractivity contribution in [2.75, 3.05) is 0 Å². The van der Waals surface area contributed by atoms with E-state index < -0.39 is 61.9 Å². The highest BCUT2D eigenvalue weighted by molar-refractivity contribution is 7.19. The number of pyridine rings is 1. The van der Waals surface area contributed by atoms with Crippen LogP contribution in [0.2, 0.25) is 0 Å².